The smallest absolute Gasteiger partial charge is 0.255 e. The van der Waals surface area contributed by atoms with Gasteiger partial charge < -0.3 is 14.4 Å². The summed E-state index contributed by atoms with van der Waals surface area (Å²) in [5.74, 6) is 0.271. The van der Waals surface area contributed by atoms with Crippen molar-refractivity contribution in [2.24, 2.45) is 0 Å². The van der Waals surface area contributed by atoms with Gasteiger partial charge >= 0.3 is 0 Å². The number of benzene rings is 2. The van der Waals surface area contributed by atoms with Crippen molar-refractivity contribution in [3.63, 3.8) is 0 Å². The number of aryl methyl sites for hydroxylation is 1. The van der Waals surface area contributed by atoms with Crippen molar-refractivity contribution in [2.75, 3.05) is 21.3 Å². The van der Waals surface area contributed by atoms with Gasteiger partial charge in [0.05, 0.1) is 31.0 Å². The Morgan fingerprint density at radius 3 is 2.56 bits per heavy atom. The first-order valence-corrected chi connectivity index (χ1v) is 8.46. The molecule has 140 valence electrons. The number of carbonyl (C=O) groups is 1. The Morgan fingerprint density at radius 1 is 1.11 bits per heavy atom. The van der Waals surface area contributed by atoms with E-state index < -0.39 is 5.82 Å². The zero-order valence-electron chi connectivity index (χ0n) is 15.7. The van der Waals surface area contributed by atoms with E-state index in [-0.39, 0.29) is 18.2 Å². The minimum Gasteiger partial charge on any atom is -0.497 e. The zero-order chi connectivity index (χ0) is 19.6. The molecule has 0 saturated carbocycles. The molecule has 1 aromatic heterocycles. The van der Waals surface area contributed by atoms with Gasteiger partial charge in [0.15, 0.2) is 11.6 Å². The van der Waals surface area contributed by atoms with Gasteiger partial charge in [0.25, 0.3) is 5.91 Å². The average molecular weight is 368 g/mol. The van der Waals surface area contributed by atoms with Gasteiger partial charge in [0.2, 0.25) is 0 Å². The van der Waals surface area contributed by atoms with Gasteiger partial charge in [0.1, 0.15) is 5.75 Å². The molecule has 0 fully saturated rings. The van der Waals surface area contributed by atoms with Crippen LogP contribution in [0.3, 0.4) is 0 Å². The topological polar surface area (TPSA) is 51.7 Å². The summed E-state index contributed by atoms with van der Waals surface area (Å²) in [7, 11) is 4.70. The van der Waals surface area contributed by atoms with Gasteiger partial charge in [-0.15, -0.1) is 0 Å². The molecule has 0 spiro atoms. The zero-order valence-corrected chi connectivity index (χ0v) is 15.7. The largest absolute Gasteiger partial charge is 0.497 e. The van der Waals surface area contributed by atoms with Crippen LogP contribution in [-0.2, 0) is 6.54 Å². The molecule has 6 heteroatoms. The molecular formula is C21H21FN2O3. The number of aromatic nitrogens is 1. The SMILES string of the molecule is COc1ccc2cc(C(=O)N(C)Cc3ccc(OC)c(F)c3)c(C)nc2c1. The molecule has 1 heterocycles. The molecule has 5 nitrogen and oxygen atoms in total. The Bertz CT molecular complexity index is 1000. The first-order chi connectivity index (χ1) is 12.9. The molecule has 1 amide bonds. The first kappa shape index (κ1) is 18.6. The van der Waals surface area contributed by atoms with Crippen molar-refractivity contribution < 1.29 is 18.7 Å². The van der Waals surface area contributed by atoms with Gasteiger partial charge in [-0.05, 0) is 42.8 Å². The quantitative estimate of drug-likeness (QED) is 0.684. The lowest BCUT2D eigenvalue weighted by Crippen LogP contribution is -2.27. The maximum Gasteiger partial charge on any atom is 0.255 e. The van der Waals surface area contributed by atoms with Crippen LogP contribution >= 0.6 is 0 Å². The number of pyridine rings is 1. The highest BCUT2D eigenvalue weighted by Crippen LogP contribution is 2.23. The second kappa shape index (κ2) is 7.61. The maximum atomic E-state index is 13.9. The number of hydrogen-bond donors (Lipinski definition) is 0. The molecular weight excluding hydrogens is 347 g/mol. The number of methoxy groups -OCH3 is 2. The molecule has 0 atom stereocenters. The summed E-state index contributed by atoms with van der Waals surface area (Å²) in [6, 6.07) is 12.0. The third-order valence-corrected chi connectivity index (χ3v) is 4.43. The highest BCUT2D eigenvalue weighted by molar-refractivity contribution is 5.98. The van der Waals surface area contributed by atoms with Crippen LogP contribution in [0.4, 0.5) is 4.39 Å². The summed E-state index contributed by atoms with van der Waals surface area (Å²) in [6.45, 7) is 2.08. The fourth-order valence-corrected chi connectivity index (χ4v) is 2.95. The van der Waals surface area contributed by atoms with Crippen LogP contribution in [-0.4, -0.2) is 37.1 Å². The average Bonchev–Trinajstić information content (AvgIpc) is 2.66. The standard InChI is InChI=1S/C21H21FN2O3/c1-13-17(10-15-6-7-16(26-3)11-19(15)23-13)21(25)24(2)12-14-5-8-20(27-4)18(22)9-14/h5-11H,12H2,1-4H3. The van der Waals surface area contributed by atoms with Crippen LogP contribution in [0.15, 0.2) is 42.5 Å². The molecule has 0 aliphatic rings. The van der Waals surface area contributed by atoms with Gasteiger partial charge in [-0.3, -0.25) is 9.78 Å². The van der Waals surface area contributed by atoms with Crippen molar-refractivity contribution in [3.8, 4) is 11.5 Å². The van der Waals surface area contributed by atoms with Gasteiger partial charge in [-0.25, -0.2) is 4.39 Å². The van der Waals surface area contributed by atoms with E-state index >= 15 is 0 Å². The predicted octanol–water partition coefficient (Wildman–Crippen LogP) is 3.97. The molecule has 2 aromatic carbocycles. The Morgan fingerprint density at radius 2 is 1.89 bits per heavy atom. The normalized spacial score (nSPS) is 10.7. The summed E-state index contributed by atoms with van der Waals surface area (Å²) in [5, 5.41) is 0.855. The Balaban J connectivity index is 1.86. The molecule has 27 heavy (non-hydrogen) atoms. The molecule has 0 aliphatic heterocycles. The van der Waals surface area contributed by atoms with E-state index in [1.54, 1.807) is 38.1 Å². The molecule has 0 bridgehead atoms. The van der Waals surface area contributed by atoms with Crippen molar-refractivity contribution >= 4 is 16.8 Å². The summed E-state index contributed by atoms with van der Waals surface area (Å²) in [5.41, 5.74) is 2.60. The second-order valence-electron chi connectivity index (χ2n) is 6.31. The second-order valence-corrected chi connectivity index (χ2v) is 6.31. The number of rotatable bonds is 5. The Kier molecular flexibility index (Phi) is 5.26. The molecule has 3 rings (SSSR count). The summed E-state index contributed by atoms with van der Waals surface area (Å²) in [4.78, 5) is 19.0. The first-order valence-electron chi connectivity index (χ1n) is 8.46. The van der Waals surface area contributed by atoms with Crippen LogP contribution in [0.5, 0.6) is 11.5 Å². The van der Waals surface area contributed by atoms with E-state index in [4.69, 9.17) is 9.47 Å². The minimum atomic E-state index is -0.451. The monoisotopic (exact) mass is 368 g/mol. The fraction of sp³-hybridized carbons (Fsp3) is 0.238. The summed E-state index contributed by atoms with van der Waals surface area (Å²) >= 11 is 0. The number of hydrogen-bond acceptors (Lipinski definition) is 4. The van der Waals surface area contributed by atoms with E-state index in [9.17, 15) is 9.18 Å². The lowest BCUT2D eigenvalue weighted by Gasteiger charge is -2.19. The van der Waals surface area contributed by atoms with Crippen LogP contribution in [0.2, 0.25) is 0 Å². The predicted molar refractivity (Wildman–Crippen MR) is 102 cm³/mol. The maximum absolute atomic E-state index is 13.9. The number of carbonyl (C=O) groups excluding carboxylic acids is 1. The van der Waals surface area contributed by atoms with Crippen LogP contribution in [0.25, 0.3) is 10.9 Å². The number of fused-ring (bicyclic) bond motifs is 1. The lowest BCUT2D eigenvalue weighted by molar-refractivity contribution is 0.0784. The van der Waals surface area contributed by atoms with E-state index in [2.05, 4.69) is 4.98 Å². The van der Waals surface area contributed by atoms with Crippen molar-refractivity contribution in [1.82, 2.24) is 9.88 Å². The van der Waals surface area contributed by atoms with Crippen LogP contribution in [0.1, 0.15) is 21.6 Å². The number of nitrogens with zero attached hydrogens (tertiary/aromatic N) is 2. The van der Waals surface area contributed by atoms with Crippen molar-refractivity contribution in [1.29, 1.82) is 0 Å². The van der Waals surface area contributed by atoms with Gasteiger partial charge in [-0.2, -0.15) is 0 Å². The molecule has 0 N–H and O–H groups in total. The van der Waals surface area contributed by atoms with Crippen molar-refractivity contribution in [2.45, 2.75) is 13.5 Å². The molecule has 0 aliphatic carbocycles. The third-order valence-electron chi connectivity index (χ3n) is 4.43. The van der Waals surface area contributed by atoms with E-state index in [0.717, 1.165) is 10.9 Å². The molecule has 3 aromatic rings. The van der Waals surface area contributed by atoms with Crippen molar-refractivity contribution in [3.05, 3.63) is 65.1 Å². The molecule has 0 saturated heterocycles. The van der Waals surface area contributed by atoms with E-state index in [1.807, 2.05) is 24.3 Å². The fourth-order valence-electron chi connectivity index (χ4n) is 2.95. The molecule has 0 unspecified atom stereocenters. The summed E-state index contributed by atoms with van der Waals surface area (Å²) in [6.07, 6.45) is 0. The van der Waals surface area contributed by atoms with Gasteiger partial charge in [-0.1, -0.05) is 6.07 Å². The molecule has 0 radical (unpaired) electrons. The minimum absolute atomic E-state index is 0.172. The van der Waals surface area contributed by atoms with Gasteiger partial charge in [0, 0.05) is 25.0 Å². The lowest BCUT2D eigenvalue weighted by atomic mass is 10.1. The van der Waals surface area contributed by atoms with Crippen LogP contribution < -0.4 is 9.47 Å². The number of ether oxygens (including phenoxy) is 2. The number of amides is 1. The van der Waals surface area contributed by atoms with E-state index in [1.165, 1.54) is 13.2 Å². The van der Waals surface area contributed by atoms with Crippen LogP contribution in [0, 0.1) is 12.7 Å². The number of halogens is 1. The summed E-state index contributed by atoms with van der Waals surface area (Å²) < 4.78 is 24.0. The highest BCUT2D eigenvalue weighted by atomic mass is 19.1. The highest BCUT2D eigenvalue weighted by Gasteiger charge is 2.17. The third kappa shape index (κ3) is 3.84. The Hall–Kier alpha value is -3.15. The Labute approximate surface area is 157 Å². The van der Waals surface area contributed by atoms with E-state index in [0.29, 0.717) is 22.6 Å².